The molecule has 108 valence electrons. The smallest absolute Gasteiger partial charge is 0.245 e. The SMILES string of the molecule is C=CC(=O)N1CCC(CCOc2cccc(F)c2)CC1. The van der Waals surface area contributed by atoms with Crippen LogP contribution < -0.4 is 4.74 Å². The van der Waals surface area contributed by atoms with Crippen molar-refractivity contribution in [2.24, 2.45) is 5.92 Å². The highest BCUT2D eigenvalue weighted by Crippen LogP contribution is 2.21. The highest BCUT2D eigenvalue weighted by atomic mass is 19.1. The Kier molecular flexibility index (Phi) is 5.16. The molecule has 20 heavy (non-hydrogen) atoms. The Balaban J connectivity index is 1.69. The van der Waals surface area contributed by atoms with Crippen LogP contribution in [-0.4, -0.2) is 30.5 Å². The largest absolute Gasteiger partial charge is 0.493 e. The number of carbonyl (C=O) groups excluding carboxylic acids is 1. The maximum atomic E-state index is 13.0. The Morgan fingerprint density at radius 1 is 1.45 bits per heavy atom. The highest BCUT2D eigenvalue weighted by molar-refractivity contribution is 5.87. The fourth-order valence-electron chi connectivity index (χ4n) is 2.47. The van der Waals surface area contributed by atoms with Crippen LogP contribution in [0.2, 0.25) is 0 Å². The number of carbonyl (C=O) groups is 1. The summed E-state index contributed by atoms with van der Waals surface area (Å²) in [6.07, 6.45) is 4.29. The Hall–Kier alpha value is -1.84. The standard InChI is InChI=1S/C16H20FNO2/c1-2-16(19)18-9-6-13(7-10-18)8-11-20-15-5-3-4-14(17)12-15/h2-5,12-13H,1,6-11H2. The summed E-state index contributed by atoms with van der Waals surface area (Å²) in [5.74, 6) is 0.875. The Labute approximate surface area is 119 Å². The average molecular weight is 277 g/mol. The molecule has 4 heteroatoms. The zero-order valence-electron chi connectivity index (χ0n) is 11.6. The number of rotatable bonds is 5. The van der Waals surface area contributed by atoms with Crippen molar-refractivity contribution in [3.63, 3.8) is 0 Å². The lowest BCUT2D eigenvalue weighted by Gasteiger charge is -2.31. The molecule has 1 saturated heterocycles. The molecule has 1 fully saturated rings. The van der Waals surface area contributed by atoms with Gasteiger partial charge in [0.1, 0.15) is 11.6 Å². The number of likely N-dealkylation sites (tertiary alicyclic amines) is 1. The van der Waals surface area contributed by atoms with Gasteiger partial charge in [0.25, 0.3) is 0 Å². The van der Waals surface area contributed by atoms with Crippen molar-refractivity contribution in [1.29, 1.82) is 0 Å². The minimum Gasteiger partial charge on any atom is -0.493 e. The van der Waals surface area contributed by atoms with Gasteiger partial charge in [-0.05, 0) is 43.4 Å². The van der Waals surface area contributed by atoms with E-state index in [0.717, 1.165) is 32.4 Å². The second-order valence-corrected chi connectivity index (χ2v) is 5.07. The van der Waals surface area contributed by atoms with Crippen LogP contribution in [0, 0.1) is 11.7 Å². The van der Waals surface area contributed by atoms with Gasteiger partial charge in [0, 0.05) is 19.2 Å². The van der Waals surface area contributed by atoms with Gasteiger partial charge >= 0.3 is 0 Å². The van der Waals surface area contributed by atoms with Crippen molar-refractivity contribution in [2.45, 2.75) is 19.3 Å². The molecule has 0 N–H and O–H groups in total. The molecule has 0 radical (unpaired) electrons. The monoisotopic (exact) mass is 277 g/mol. The lowest BCUT2D eigenvalue weighted by molar-refractivity contribution is -0.127. The fourth-order valence-corrected chi connectivity index (χ4v) is 2.47. The van der Waals surface area contributed by atoms with E-state index in [0.29, 0.717) is 18.3 Å². The number of hydrogen-bond acceptors (Lipinski definition) is 2. The predicted octanol–water partition coefficient (Wildman–Crippen LogP) is 3.02. The Bertz CT molecular complexity index is 467. The number of nitrogens with zero attached hydrogens (tertiary/aromatic N) is 1. The van der Waals surface area contributed by atoms with Gasteiger partial charge in [-0.3, -0.25) is 4.79 Å². The number of amides is 1. The third-order valence-electron chi connectivity index (χ3n) is 3.69. The second kappa shape index (κ2) is 7.08. The summed E-state index contributed by atoms with van der Waals surface area (Å²) >= 11 is 0. The normalized spacial score (nSPS) is 15.9. The number of hydrogen-bond donors (Lipinski definition) is 0. The molecule has 0 saturated carbocycles. The molecule has 0 atom stereocenters. The summed E-state index contributed by atoms with van der Waals surface area (Å²) in [7, 11) is 0. The molecule has 1 aromatic rings. The Morgan fingerprint density at radius 2 is 2.20 bits per heavy atom. The van der Waals surface area contributed by atoms with Crippen LogP contribution in [0.3, 0.4) is 0 Å². The quantitative estimate of drug-likeness (QED) is 0.774. The van der Waals surface area contributed by atoms with Crippen molar-refractivity contribution in [3.05, 3.63) is 42.7 Å². The lowest BCUT2D eigenvalue weighted by atomic mass is 9.94. The first kappa shape index (κ1) is 14.6. The molecular weight excluding hydrogens is 257 g/mol. The van der Waals surface area contributed by atoms with Gasteiger partial charge in [0.15, 0.2) is 0 Å². The fraction of sp³-hybridized carbons (Fsp3) is 0.438. The third-order valence-corrected chi connectivity index (χ3v) is 3.69. The zero-order valence-corrected chi connectivity index (χ0v) is 11.6. The molecule has 1 aliphatic heterocycles. The van der Waals surface area contributed by atoms with Crippen molar-refractivity contribution < 1.29 is 13.9 Å². The molecule has 1 aromatic carbocycles. The van der Waals surface area contributed by atoms with E-state index in [1.54, 1.807) is 12.1 Å². The maximum Gasteiger partial charge on any atom is 0.245 e. The van der Waals surface area contributed by atoms with E-state index in [4.69, 9.17) is 4.74 Å². The van der Waals surface area contributed by atoms with Crippen molar-refractivity contribution in [3.8, 4) is 5.75 Å². The van der Waals surface area contributed by atoms with Gasteiger partial charge < -0.3 is 9.64 Å². The van der Waals surface area contributed by atoms with Gasteiger partial charge in [0.2, 0.25) is 5.91 Å². The number of ether oxygens (including phenoxy) is 1. The molecule has 2 rings (SSSR count). The number of benzene rings is 1. The van der Waals surface area contributed by atoms with E-state index >= 15 is 0 Å². The van der Waals surface area contributed by atoms with Crippen molar-refractivity contribution in [2.75, 3.05) is 19.7 Å². The van der Waals surface area contributed by atoms with Crippen LogP contribution in [0.25, 0.3) is 0 Å². The van der Waals surface area contributed by atoms with Crippen LogP contribution in [0.5, 0.6) is 5.75 Å². The van der Waals surface area contributed by atoms with E-state index in [9.17, 15) is 9.18 Å². The first-order chi connectivity index (χ1) is 9.69. The van der Waals surface area contributed by atoms with E-state index in [1.807, 2.05) is 4.90 Å². The van der Waals surface area contributed by atoms with Crippen LogP contribution in [-0.2, 0) is 4.79 Å². The van der Waals surface area contributed by atoms with Gasteiger partial charge in [-0.1, -0.05) is 12.6 Å². The highest BCUT2D eigenvalue weighted by Gasteiger charge is 2.21. The summed E-state index contributed by atoms with van der Waals surface area (Å²) in [6, 6.07) is 6.20. The molecule has 1 amide bonds. The van der Waals surface area contributed by atoms with Gasteiger partial charge in [0.05, 0.1) is 6.61 Å². The first-order valence-corrected chi connectivity index (χ1v) is 6.99. The van der Waals surface area contributed by atoms with Gasteiger partial charge in [-0.25, -0.2) is 4.39 Å². The number of piperidine rings is 1. The maximum absolute atomic E-state index is 13.0. The molecule has 1 aliphatic rings. The summed E-state index contributed by atoms with van der Waals surface area (Å²) in [5, 5.41) is 0. The van der Waals surface area contributed by atoms with Crippen LogP contribution >= 0.6 is 0 Å². The molecule has 0 aliphatic carbocycles. The number of halogens is 1. The second-order valence-electron chi connectivity index (χ2n) is 5.07. The molecular formula is C16H20FNO2. The molecule has 0 unspecified atom stereocenters. The van der Waals surface area contributed by atoms with E-state index in [2.05, 4.69) is 6.58 Å². The topological polar surface area (TPSA) is 29.5 Å². The lowest BCUT2D eigenvalue weighted by Crippen LogP contribution is -2.37. The van der Waals surface area contributed by atoms with E-state index in [-0.39, 0.29) is 11.7 Å². The Morgan fingerprint density at radius 3 is 2.85 bits per heavy atom. The van der Waals surface area contributed by atoms with Gasteiger partial charge in [-0.2, -0.15) is 0 Å². The molecule has 3 nitrogen and oxygen atoms in total. The third kappa shape index (κ3) is 4.08. The van der Waals surface area contributed by atoms with Crippen LogP contribution in [0.4, 0.5) is 4.39 Å². The molecule has 0 bridgehead atoms. The van der Waals surface area contributed by atoms with Crippen molar-refractivity contribution in [1.82, 2.24) is 4.90 Å². The van der Waals surface area contributed by atoms with E-state index in [1.165, 1.54) is 18.2 Å². The van der Waals surface area contributed by atoms with Gasteiger partial charge in [-0.15, -0.1) is 0 Å². The summed E-state index contributed by atoms with van der Waals surface area (Å²) < 4.78 is 18.5. The summed E-state index contributed by atoms with van der Waals surface area (Å²) in [5.41, 5.74) is 0. The van der Waals surface area contributed by atoms with Crippen LogP contribution in [0.15, 0.2) is 36.9 Å². The van der Waals surface area contributed by atoms with E-state index < -0.39 is 0 Å². The minimum absolute atomic E-state index is 0.0134. The van der Waals surface area contributed by atoms with Crippen molar-refractivity contribution >= 4 is 5.91 Å². The summed E-state index contributed by atoms with van der Waals surface area (Å²) in [4.78, 5) is 13.3. The summed E-state index contributed by atoms with van der Waals surface area (Å²) in [6.45, 7) is 5.66. The average Bonchev–Trinajstić information content (AvgIpc) is 2.47. The first-order valence-electron chi connectivity index (χ1n) is 6.99. The molecule has 1 heterocycles. The predicted molar refractivity (Wildman–Crippen MR) is 76.0 cm³/mol. The molecule has 0 spiro atoms. The van der Waals surface area contributed by atoms with Crippen LogP contribution in [0.1, 0.15) is 19.3 Å². The minimum atomic E-state index is -0.279. The zero-order chi connectivity index (χ0) is 14.4. The molecule has 0 aromatic heterocycles.